The molecule has 1 aliphatic heterocycles. The lowest BCUT2D eigenvalue weighted by Crippen LogP contribution is -2.35. The number of methoxy groups -OCH3 is 1. The fourth-order valence-corrected chi connectivity index (χ4v) is 2.49. The summed E-state index contributed by atoms with van der Waals surface area (Å²) in [7, 11) is 1.40. The molecule has 1 aromatic carbocycles. The second-order valence-corrected chi connectivity index (χ2v) is 4.84. The smallest absolute Gasteiger partial charge is 0.323 e. The molecule has 1 saturated heterocycles. The van der Waals surface area contributed by atoms with Crippen LogP contribution < -0.4 is 5.32 Å². The Morgan fingerprint density at radius 3 is 2.82 bits per heavy atom. The molecule has 1 aliphatic rings. The number of carbonyl (C=O) groups excluding carboxylic acids is 1. The van der Waals surface area contributed by atoms with E-state index in [1.54, 1.807) is 6.07 Å². The van der Waals surface area contributed by atoms with E-state index in [1.165, 1.54) is 7.11 Å². The van der Waals surface area contributed by atoms with Gasteiger partial charge in [0.2, 0.25) is 0 Å². The number of hydrogen-bond donors (Lipinski definition) is 1. The van der Waals surface area contributed by atoms with E-state index in [2.05, 4.69) is 5.32 Å². The van der Waals surface area contributed by atoms with Crippen LogP contribution in [-0.4, -0.2) is 25.7 Å². The van der Waals surface area contributed by atoms with E-state index in [1.807, 2.05) is 12.1 Å². The maximum atomic E-state index is 11.6. The van der Waals surface area contributed by atoms with Crippen molar-refractivity contribution in [2.24, 2.45) is 0 Å². The number of nitrogens with one attached hydrogen (secondary N) is 1. The number of rotatable bonds is 2. The highest BCUT2D eigenvalue weighted by Gasteiger charge is 2.34. The molecule has 17 heavy (non-hydrogen) atoms. The second-order valence-electron chi connectivity index (χ2n) is 4.02. The fraction of sp³-hybridized carbons (Fsp3) is 0.417. The average Bonchev–Trinajstić information content (AvgIpc) is 2.80. The van der Waals surface area contributed by atoms with Crippen molar-refractivity contribution in [2.75, 3.05) is 13.7 Å². The Kier molecular flexibility index (Phi) is 3.92. The van der Waals surface area contributed by atoms with Crippen molar-refractivity contribution in [1.82, 2.24) is 5.32 Å². The molecule has 1 fully saturated rings. The molecule has 2 rings (SSSR count). The van der Waals surface area contributed by atoms with Gasteiger partial charge in [-0.2, -0.15) is 0 Å². The third kappa shape index (κ3) is 2.57. The lowest BCUT2D eigenvalue weighted by Gasteiger charge is -2.18. The van der Waals surface area contributed by atoms with E-state index in [0.29, 0.717) is 10.0 Å². The molecule has 5 heteroatoms. The maximum absolute atomic E-state index is 11.6. The molecule has 0 aliphatic carbocycles. The minimum absolute atomic E-state index is 0.0946. The Morgan fingerprint density at radius 2 is 2.18 bits per heavy atom. The first-order valence-corrected chi connectivity index (χ1v) is 6.15. The Hall–Kier alpha value is -0.770. The third-order valence-corrected chi connectivity index (χ3v) is 3.79. The highest BCUT2D eigenvalue weighted by atomic mass is 35.5. The van der Waals surface area contributed by atoms with Gasteiger partial charge in [-0.05, 0) is 30.7 Å². The van der Waals surface area contributed by atoms with E-state index < -0.39 is 0 Å². The van der Waals surface area contributed by atoms with Gasteiger partial charge in [0.25, 0.3) is 0 Å². The lowest BCUT2D eigenvalue weighted by atomic mass is 9.92. The van der Waals surface area contributed by atoms with Crippen LogP contribution in [0.2, 0.25) is 10.0 Å². The minimum Gasteiger partial charge on any atom is -0.468 e. The van der Waals surface area contributed by atoms with Gasteiger partial charge in [0.15, 0.2) is 0 Å². The molecular weight excluding hydrogens is 261 g/mol. The molecule has 2 atom stereocenters. The molecule has 1 aromatic rings. The van der Waals surface area contributed by atoms with Crippen LogP contribution in [0.4, 0.5) is 0 Å². The molecule has 1 N–H and O–H groups in total. The van der Waals surface area contributed by atoms with Crippen LogP contribution in [0.25, 0.3) is 0 Å². The van der Waals surface area contributed by atoms with E-state index >= 15 is 0 Å². The molecule has 0 spiro atoms. The summed E-state index contributed by atoms with van der Waals surface area (Å²) < 4.78 is 4.78. The summed E-state index contributed by atoms with van der Waals surface area (Å²) in [6.07, 6.45) is 0.887. The lowest BCUT2D eigenvalue weighted by molar-refractivity contribution is -0.143. The first-order chi connectivity index (χ1) is 8.13. The Bertz CT molecular complexity index is 437. The van der Waals surface area contributed by atoms with Crippen LogP contribution in [0.3, 0.4) is 0 Å². The molecule has 0 radical (unpaired) electrons. The number of hydrogen-bond acceptors (Lipinski definition) is 3. The first-order valence-electron chi connectivity index (χ1n) is 5.39. The van der Waals surface area contributed by atoms with Crippen LogP contribution in [0.1, 0.15) is 17.9 Å². The topological polar surface area (TPSA) is 38.3 Å². The summed E-state index contributed by atoms with van der Waals surface area (Å²) in [4.78, 5) is 11.6. The van der Waals surface area contributed by atoms with Gasteiger partial charge in [-0.25, -0.2) is 0 Å². The number of ether oxygens (including phenoxy) is 1. The number of benzene rings is 1. The summed E-state index contributed by atoms with van der Waals surface area (Å²) in [6, 6.07) is 5.18. The third-order valence-electron chi connectivity index (χ3n) is 3.05. The Labute approximate surface area is 110 Å². The molecule has 1 heterocycles. The van der Waals surface area contributed by atoms with E-state index in [9.17, 15) is 4.79 Å². The SMILES string of the molecule is COC(=O)C1NCC[C@H]1c1ccc(Cl)c(Cl)c1. The molecule has 0 saturated carbocycles. The van der Waals surface area contributed by atoms with Crippen LogP contribution in [0.5, 0.6) is 0 Å². The van der Waals surface area contributed by atoms with Gasteiger partial charge in [-0.3, -0.25) is 4.79 Å². The van der Waals surface area contributed by atoms with Gasteiger partial charge in [0, 0.05) is 5.92 Å². The van der Waals surface area contributed by atoms with Gasteiger partial charge in [0.1, 0.15) is 6.04 Å². The summed E-state index contributed by atoms with van der Waals surface area (Å²) in [5, 5.41) is 4.18. The second kappa shape index (κ2) is 5.25. The van der Waals surface area contributed by atoms with Gasteiger partial charge >= 0.3 is 5.97 Å². The van der Waals surface area contributed by atoms with Gasteiger partial charge < -0.3 is 10.1 Å². The minimum atomic E-state index is -0.294. The van der Waals surface area contributed by atoms with Crippen molar-refractivity contribution >= 4 is 29.2 Å². The largest absolute Gasteiger partial charge is 0.468 e. The predicted octanol–water partition coefficient (Wildman–Crippen LogP) is 2.61. The summed E-state index contributed by atoms with van der Waals surface area (Å²) in [5.74, 6) is -0.143. The maximum Gasteiger partial charge on any atom is 0.323 e. The van der Waals surface area contributed by atoms with Crippen LogP contribution >= 0.6 is 23.2 Å². The van der Waals surface area contributed by atoms with Crippen LogP contribution in [0, 0.1) is 0 Å². The van der Waals surface area contributed by atoms with E-state index in [0.717, 1.165) is 18.5 Å². The van der Waals surface area contributed by atoms with E-state index in [-0.39, 0.29) is 17.9 Å². The summed E-state index contributed by atoms with van der Waals surface area (Å²) in [6.45, 7) is 0.796. The highest BCUT2D eigenvalue weighted by Crippen LogP contribution is 2.32. The van der Waals surface area contributed by atoms with Crippen molar-refractivity contribution in [3.05, 3.63) is 33.8 Å². The summed E-state index contributed by atoms with van der Waals surface area (Å²) in [5.41, 5.74) is 1.01. The molecular formula is C12H13Cl2NO2. The fourth-order valence-electron chi connectivity index (χ4n) is 2.18. The molecule has 3 nitrogen and oxygen atoms in total. The molecule has 0 bridgehead atoms. The number of carbonyl (C=O) groups is 1. The summed E-state index contributed by atoms with van der Waals surface area (Å²) >= 11 is 11.9. The Balaban J connectivity index is 2.26. The predicted molar refractivity (Wildman–Crippen MR) is 67.6 cm³/mol. The molecule has 92 valence electrons. The number of halogens is 2. The van der Waals surface area contributed by atoms with E-state index in [4.69, 9.17) is 27.9 Å². The molecule has 0 aromatic heterocycles. The highest BCUT2D eigenvalue weighted by molar-refractivity contribution is 6.42. The number of esters is 1. The van der Waals surface area contributed by atoms with Crippen molar-refractivity contribution in [3.63, 3.8) is 0 Å². The normalized spacial score (nSPS) is 23.7. The first kappa shape index (κ1) is 12.7. The zero-order chi connectivity index (χ0) is 12.4. The zero-order valence-corrected chi connectivity index (χ0v) is 10.9. The average molecular weight is 274 g/mol. The van der Waals surface area contributed by atoms with Crippen molar-refractivity contribution in [3.8, 4) is 0 Å². The van der Waals surface area contributed by atoms with Gasteiger partial charge in [0.05, 0.1) is 17.2 Å². The molecule has 1 unspecified atom stereocenters. The van der Waals surface area contributed by atoms with Crippen LogP contribution in [-0.2, 0) is 9.53 Å². The van der Waals surface area contributed by atoms with Crippen molar-refractivity contribution in [2.45, 2.75) is 18.4 Å². The monoisotopic (exact) mass is 273 g/mol. The van der Waals surface area contributed by atoms with Crippen molar-refractivity contribution < 1.29 is 9.53 Å². The van der Waals surface area contributed by atoms with Gasteiger partial charge in [-0.1, -0.05) is 29.3 Å². The zero-order valence-electron chi connectivity index (χ0n) is 9.37. The van der Waals surface area contributed by atoms with Gasteiger partial charge in [-0.15, -0.1) is 0 Å². The quantitative estimate of drug-likeness (QED) is 0.842. The molecule has 0 amide bonds. The standard InChI is InChI=1S/C12H13Cl2NO2/c1-17-12(16)11-8(4-5-15-11)7-2-3-9(13)10(14)6-7/h2-3,6,8,11,15H,4-5H2,1H3/t8-,11?/m0/s1. The van der Waals surface area contributed by atoms with Crippen LogP contribution in [0.15, 0.2) is 18.2 Å². The Morgan fingerprint density at radius 1 is 1.41 bits per heavy atom. The van der Waals surface area contributed by atoms with Crippen molar-refractivity contribution in [1.29, 1.82) is 0 Å².